The highest BCUT2D eigenvalue weighted by atomic mass is 79.9. The molecule has 1 fully saturated rings. The third kappa shape index (κ3) is 4.71. The van der Waals surface area contributed by atoms with Crippen molar-refractivity contribution in [3.05, 3.63) is 29.8 Å². The van der Waals surface area contributed by atoms with Crippen LogP contribution >= 0.6 is 31.9 Å². The molecular weight excluding hydrogens is 400 g/mol. The van der Waals surface area contributed by atoms with E-state index in [1.54, 1.807) is 7.11 Å². The van der Waals surface area contributed by atoms with E-state index in [2.05, 4.69) is 31.9 Å². The molecule has 0 N–H and O–H groups in total. The van der Waals surface area contributed by atoms with Crippen molar-refractivity contribution in [1.82, 2.24) is 0 Å². The molecule has 0 aliphatic heterocycles. The average molecular weight is 420 g/mol. The molecule has 0 amide bonds. The zero-order valence-electron chi connectivity index (χ0n) is 12.1. The van der Waals surface area contributed by atoms with Crippen molar-refractivity contribution in [2.24, 2.45) is 0 Å². The number of hydrogen-bond acceptors (Lipinski definition) is 3. The number of ether oxygens (including phenoxy) is 2. The highest BCUT2D eigenvalue weighted by Gasteiger charge is 2.29. The fourth-order valence-electron chi connectivity index (χ4n) is 2.49. The molecule has 21 heavy (non-hydrogen) atoms. The fourth-order valence-corrected chi connectivity index (χ4v) is 3.42. The molecule has 1 aromatic carbocycles. The zero-order valence-corrected chi connectivity index (χ0v) is 15.2. The highest BCUT2D eigenvalue weighted by molar-refractivity contribution is 9.12. The van der Waals surface area contributed by atoms with Gasteiger partial charge in [-0.2, -0.15) is 0 Å². The molecule has 0 radical (unpaired) electrons. The molecule has 0 bridgehead atoms. The van der Waals surface area contributed by atoms with Crippen LogP contribution in [0.5, 0.6) is 5.75 Å². The van der Waals surface area contributed by atoms with Crippen LogP contribution in [0.4, 0.5) is 0 Å². The fraction of sp³-hybridized carbons (Fsp3) is 0.562. The number of hydrogen-bond donors (Lipinski definition) is 0. The largest absolute Gasteiger partial charge is 0.497 e. The number of benzene rings is 1. The molecule has 5 heteroatoms. The maximum atomic E-state index is 12.2. The number of carbonyl (C=O) groups is 1. The van der Waals surface area contributed by atoms with E-state index in [0.29, 0.717) is 0 Å². The molecule has 0 heterocycles. The molecule has 2 atom stereocenters. The topological polar surface area (TPSA) is 35.5 Å². The maximum absolute atomic E-state index is 12.2. The van der Waals surface area contributed by atoms with Gasteiger partial charge in [-0.15, -0.1) is 0 Å². The number of rotatable bonds is 5. The Kier molecular flexibility index (Phi) is 6.55. The normalized spacial score (nSPS) is 18.8. The van der Waals surface area contributed by atoms with Gasteiger partial charge in [0.1, 0.15) is 16.7 Å². The van der Waals surface area contributed by atoms with E-state index in [0.717, 1.165) is 37.0 Å². The van der Waals surface area contributed by atoms with Gasteiger partial charge in [0.05, 0.1) is 11.9 Å². The molecular formula is C16H20Br2O3. The van der Waals surface area contributed by atoms with Crippen LogP contribution in [0.15, 0.2) is 24.3 Å². The van der Waals surface area contributed by atoms with Crippen molar-refractivity contribution < 1.29 is 14.3 Å². The van der Waals surface area contributed by atoms with Gasteiger partial charge in [-0.3, -0.25) is 4.79 Å². The second-order valence-corrected chi connectivity index (χ2v) is 7.25. The summed E-state index contributed by atoms with van der Waals surface area (Å²) in [6, 6.07) is 7.66. The second-order valence-electron chi connectivity index (χ2n) is 5.27. The van der Waals surface area contributed by atoms with Crippen LogP contribution in [0.1, 0.15) is 42.5 Å². The maximum Gasteiger partial charge on any atom is 0.321 e. The van der Waals surface area contributed by atoms with Crippen LogP contribution in [0.3, 0.4) is 0 Å². The molecule has 0 aromatic heterocycles. The molecule has 3 nitrogen and oxygen atoms in total. The Balaban J connectivity index is 1.93. The first-order chi connectivity index (χ1) is 10.1. The first-order valence-corrected chi connectivity index (χ1v) is 9.07. The smallest absolute Gasteiger partial charge is 0.321 e. The van der Waals surface area contributed by atoms with Gasteiger partial charge < -0.3 is 9.47 Å². The molecule has 116 valence electrons. The van der Waals surface area contributed by atoms with E-state index in [4.69, 9.17) is 9.47 Å². The van der Waals surface area contributed by atoms with Gasteiger partial charge in [0.2, 0.25) is 0 Å². The van der Waals surface area contributed by atoms with Crippen LogP contribution in [-0.2, 0) is 9.53 Å². The predicted molar refractivity (Wildman–Crippen MR) is 90.3 cm³/mol. The molecule has 1 saturated carbocycles. The predicted octanol–water partition coefficient (Wildman–Crippen LogP) is 4.77. The Morgan fingerprint density at radius 2 is 1.76 bits per heavy atom. The van der Waals surface area contributed by atoms with Crippen molar-refractivity contribution in [2.45, 2.75) is 47.9 Å². The van der Waals surface area contributed by atoms with Gasteiger partial charge in [0, 0.05) is 0 Å². The molecule has 0 spiro atoms. The van der Waals surface area contributed by atoms with Gasteiger partial charge in [0.25, 0.3) is 0 Å². The SMILES string of the molecule is COc1ccc([C@H](Br)[C@H](Br)C(=O)OC2CCCCC2)cc1. The van der Waals surface area contributed by atoms with Gasteiger partial charge in [-0.25, -0.2) is 0 Å². The van der Waals surface area contributed by atoms with Crippen LogP contribution in [0, 0.1) is 0 Å². The first kappa shape index (κ1) is 16.8. The minimum atomic E-state index is -0.396. The zero-order chi connectivity index (χ0) is 15.2. The molecule has 1 aliphatic rings. The van der Waals surface area contributed by atoms with Crippen molar-refractivity contribution in [3.63, 3.8) is 0 Å². The summed E-state index contributed by atoms with van der Waals surface area (Å²) < 4.78 is 10.7. The number of halogens is 2. The van der Waals surface area contributed by atoms with E-state index in [1.807, 2.05) is 24.3 Å². The molecule has 0 saturated heterocycles. The third-order valence-corrected chi connectivity index (χ3v) is 6.42. The van der Waals surface area contributed by atoms with Crippen molar-refractivity contribution in [1.29, 1.82) is 0 Å². The van der Waals surface area contributed by atoms with E-state index in [1.165, 1.54) is 6.42 Å². The van der Waals surface area contributed by atoms with Gasteiger partial charge in [-0.1, -0.05) is 50.4 Å². The summed E-state index contributed by atoms with van der Waals surface area (Å²) in [6.45, 7) is 0. The van der Waals surface area contributed by atoms with Crippen molar-refractivity contribution in [3.8, 4) is 5.75 Å². The summed E-state index contributed by atoms with van der Waals surface area (Å²) in [5.41, 5.74) is 1.01. The number of alkyl halides is 2. The quantitative estimate of drug-likeness (QED) is 0.509. The summed E-state index contributed by atoms with van der Waals surface area (Å²) in [7, 11) is 1.63. The Morgan fingerprint density at radius 3 is 2.33 bits per heavy atom. The Labute approximate surface area is 142 Å². The van der Waals surface area contributed by atoms with E-state index >= 15 is 0 Å². The lowest BCUT2D eigenvalue weighted by molar-refractivity contribution is -0.149. The first-order valence-electron chi connectivity index (χ1n) is 7.24. The molecule has 1 aromatic rings. The Morgan fingerprint density at radius 1 is 1.14 bits per heavy atom. The second kappa shape index (κ2) is 8.18. The minimum absolute atomic E-state index is 0.0851. The third-order valence-electron chi connectivity index (χ3n) is 3.75. The Hall–Kier alpha value is -0.550. The molecule has 1 aliphatic carbocycles. The minimum Gasteiger partial charge on any atom is -0.497 e. The average Bonchev–Trinajstić information content (AvgIpc) is 2.54. The van der Waals surface area contributed by atoms with Crippen molar-refractivity contribution in [2.75, 3.05) is 7.11 Å². The summed E-state index contributed by atoms with van der Waals surface area (Å²) in [6.07, 6.45) is 5.62. The van der Waals surface area contributed by atoms with Crippen molar-refractivity contribution >= 4 is 37.8 Å². The van der Waals surface area contributed by atoms with Gasteiger partial charge >= 0.3 is 5.97 Å². The summed E-state index contributed by atoms with van der Waals surface area (Å²) >= 11 is 7.03. The monoisotopic (exact) mass is 418 g/mol. The van der Waals surface area contributed by atoms with E-state index in [-0.39, 0.29) is 16.9 Å². The van der Waals surface area contributed by atoms with Crippen LogP contribution in [-0.4, -0.2) is 24.0 Å². The summed E-state index contributed by atoms with van der Waals surface area (Å²) in [5, 5.41) is 0. The van der Waals surface area contributed by atoms with E-state index in [9.17, 15) is 4.79 Å². The molecule has 0 unspecified atom stereocenters. The highest BCUT2D eigenvalue weighted by Crippen LogP contribution is 2.33. The standard InChI is InChI=1S/C16H20Br2O3/c1-20-12-9-7-11(8-10-12)14(17)15(18)16(19)21-13-5-3-2-4-6-13/h7-10,13-15H,2-6H2,1H3/t14-,15-/m0/s1. The lowest BCUT2D eigenvalue weighted by Crippen LogP contribution is -2.28. The molecule has 2 rings (SSSR count). The number of methoxy groups -OCH3 is 1. The van der Waals surface area contributed by atoms with E-state index < -0.39 is 4.83 Å². The lowest BCUT2D eigenvalue weighted by Gasteiger charge is -2.24. The van der Waals surface area contributed by atoms with Gasteiger partial charge in [-0.05, 0) is 43.4 Å². The van der Waals surface area contributed by atoms with Gasteiger partial charge in [0.15, 0.2) is 0 Å². The van der Waals surface area contributed by atoms with Crippen LogP contribution < -0.4 is 4.74 Å². The van der Waals surface area contributed by atoms with Crippen LogP contribution in [0.25, 0.3) is 0 Å². The lowest BCUT2D eigenvalue weighted by atomic mass is 9.98. The number of carbonyl (C=O) groups excluding carboxylic acids is 1. The number of esters is 1. The van der Waals surface area contributed by atoms with Crippen LogP contribution in [0.2, 0.25) is 0 Å². The summed E-state index contributed by atoms with van der Waals surface area (Å²) in [4.78, 5) is 11.7. The summed E-state index contributed by atoms with van der Waals surface area (Å²) in [5.74, 6) is 0.606. The Bertz CT molecular complexity index is 455.